The maximum Gasteiger partial charge on any atom is 0.351 e. The molecule has 0 fully saturated rings. The standard InChI is InChI=1S/C2H5NO3S/c4-1-2(5)6-3-7/h3-4,7H,1H2. The van der Waals surface area contributed by atoms with Gasteiger partial charge in [-0.1, -0.05) is 17.7 Å². The molecule has 0 aliphatic rings. The fraction of sp³-hybridized carbons (Fsp3) is 0.500. The van der Waals surface area contributed by atoms with Crippen molar-refractivity contribution in [2.45, 2.75) is 0 Å². The summed E-state index contributed by atoms with van der Waals surface area (Å²) in [7, 11) is 0. The van der Waals surface area contributed by atoms with E-state index in [0.717, 1.165) is 0 Å². The van der Waals surface area contributed by atoms with Crippen LogP contribution in [0, 0.1) is 0 Å². The molecule has 0 bridgehead atoms. The van der Waals surface area contributed by atoms with E-state index in [4.69, 9.17) is 5.11 Å². The van der Waals surface area contributed by atoms with Gasteiger partial charge in [0.15, 0.2) is 0 Å². The Bertz CT molecular complexity index is 66.0. The Balaban J connectivity index is 3.00. The van der Waals surface area contributed by atoms with Crippen LogP contribution < -0.4 is 4.89 Å². The Morgan fingerprint density at radius 2 is 2.57 bits per heavy atom. The molecule has 0 aliphatic heterocycles. The lowest BCUT2D eigenvalue weighted by molar-refractivity contribution is -0.149. The van der Waals surface area contributed by atoms with Gasteiger partial charge in [-0.15, -0.1) is 0 Å². The van der Waals surface area contributed by atoms with Gasteiger partial charge < -0.3 is 9.94 Å². The first-order valence-electron chi connectivity index (χ1n) is 1.51. The van der Waals surface area contributed by atoms with Crippen molar-refractivity contribution in [1.82, 2.24) is 4.89 Å². The molecule has 0 aromatic carbocycles. The first-order valence-corrected chi connectivity index (χ1v) is 1.95. The highest BCUT2D eigenvalue weighted by molar-refractivity contribution is 7.77. The van der Waals surface area contributed by atoms with E-state index in [2.05, 4.69) is 17.7 Å². The quantitative estimate of drug-likeness (QED) is 0.321. The van der Waals surface area contributed by atoms with Gasteiger partial charge in [-0.2, -0.15) is 0 Å². The van der Waals surface area contributed by atoms with Crippen molar-refractivity contribution in [2.24, 2.45) is 0 Å². The summed E-state index contributed by atoms with van der Waals surface area (Å²) in [6.07, 6.45) is 0. The molecule has 4 nitrogen and oxygen atoms in total. The van der Waals surface area contributed by atoms with Gasteiger partial charge in [0.25, 0.3) is 0 Å². The number of nitrogens with one attached hydrogen (secondary N) is 1. The monoisotopic (exact) mass is 123 g/mol. The molecule has 5 heteroatoms. The fourth-order valence-electron chi connectivity index (χ4n) is 0.0832. The topological polar surface area (TPSA) is 58.6 Å². The van der Waals surface area contributed by atoms with Crippen LogP contribution in [0.1, 0.15) is 0 Å². The molecule has 0 amide bonds. The molecule has 0 aromatic heterocycles. The summed E-state index contributed by atoms with van der Waals surface area (Å²) in [4.78, 5) is 15.5. The summed E-state index contributed by atoms with van der Waals surface area (Å²) in [6.45, 7) is -0.631. The van der Waals surface area contributed by atoms with E-state index in [9.17, 15) is 4.79 Å². The summed E-state index contributed by atoms with van der Waals surface area (Å²) < 4.78 is 0. The van der Waals surface area contributed by atoms with Crippen molar-refractivity contribution in [3.05, 3.63) is 0 Å². The molecule has 0 radical (unpaired) electrons. The molecule has 0 saturated heterocycles. The highest BCUT2D eigenvalue weighted by Crippen LogP contribution is 1.68. The predicted molar refractivity (Wildman–Crippen MR) is 25.3 cm³/mol. The smallest absolute Gasteiger partial charge is 0.351 e. The zero-order valence-corrected chi connectivity index (χ0v) is 4.31. The largest absolute Gasteiger partial charge is 0.385 e. The molecule has 0 aromatic rings. The molecule has 0 saturated carbocycles. The van der Waals surface area contributed by atoms with Crippen LogP contribution in [0.4, 0.5) is 0 Å². The predicted octanol–water partition coefficient (Wildman–Crippen LogP) is -1.13. The summed E-state index contributed by atoms with van der Waals surface area (Å²) in [5.74, 6) is -0.755. The number of rotatable bonds is 2. The second-order valence-corrected chi connectivity index (χ2v) is 0.906. The van der Waals surface area contributed by atoms with Gasteiger partial charge in [0.05, 0.1) is 0 Å². The van der Waals surface area contributed by atoms with Crippen LogP contribution >= 0.6 is 12.8 Å². The Kier molecular flexibility index (Phi) is 3.77. The molecule has 0 unspecified atom stereocenters. The number of hydrogen-bond donors (Lipinski definition) is 3. The molecule has 0 aliphatic carbocycles. The zero-order valence-electron chi connectivity index (χ0n) is 3.42. The van der Waals surface area contributed by atoms with Crippen molar-refractivity contribution < 1.29 is 14.7 Å². The molecule has 0 rings (SSSR count). The normalized spacial score (nSPS) is 8.29. The van der Waals surface area contributed by atoms with Crippen molar-refractivity contribution in [2.75, 3.05) is 6.61 Å². The minimum atomic E-state index is -0.755. The van der Waals surface area contributed by atoms with Crippen LogP contribution in [0.3, 0.4) is 0 Å². The first kappa shape index (κ1) is 6.74. The molecule has 0 spiro atoms. The summed E-state index contributed by atoms with van der Waals surface area (Å²) in [5.41, 5.74) is 0. The van der Waals surface area contributed by atoms with Crippen molar-refractivity contribution in [1.29, 1.82) is 0 Å². The molecular formula is C2H5NO3S. The fourth-order valence-corrected chi connectivity index (χ4v) is 0.185. The van der Waals surface area contributed by atoms with E-state index in [1.165, 1.54) is 0 Å². The zero-order chi connectivity index (χ0) is 5.70. The van der Waals surface area contributed by atoms with Gasteiger partial charge in [0.1, 0.15) is 6.61 Å². The molecule has 0 heterocycles. The molecule has 7 heavy (non-hydrogen) atoms. The third kappa shape index (κ3) is 3.57. The lowest BCUT2D eigenvalue weighted by atomic mass is 10.8. The number of thiol groups is 1. The SMILES string of the molecule is O=C(CO)ONS. The highest BCUT2D eigenvalue weighted by Gasteiger charge is 1.93. The van der Waals surface area contributed by atoms with Crippen LogP contribution in [-0.4, -0.2) is 17.7 Å². The maximum atomic E-state index is 9.83. The van der Waals surface area contributed by atoms with Crippen LogP contribution in [0.5, 0.6) is 0 Å². The van der Waals surface area contributed by atoms with Crippen molar-refractivity contribution in [3.63, 3.8) is 0 Å². The van der Waals surface area contributed by atoms with Crippen LogP contribution in [-0.2, 0) is 9.63 Å². The Hall–Kier alpha value is -0.260. The van der Waals surface area contributed by atoms with Gasteiger partial charge in [0.2, 0.25) is 0 Å². The first-order chi connectivity index (χ1) is 3.31. The lowest BCUT2D eigenvalue weighted by Gasteiger charge is -1.92. The Morgan fingerprint density at radius 1 is 2.00 bits per heavy atom. The minimum Gasteiger partial charge on any atom is -0.385 e. The average molecular weight is 123 g/mol. The number of carbonyl (C=O) groups is 1. The van der Waals surface area contributed by atoms with E-state index in [0.29, 0.717) is 0 Å². The van der Waals surface area contributed by atoms with Crippen LogP contribution in [0.15, 0.2) is 0 Å². The molecule has 0 atom stereocenters. The van der Waals surface area contributed by atoms with Gasteiger partial charge >= 0.3 is 5.97 Å². The second kappa shape index (κ2) is 3.91. The number of aliphatic hydroxyl groups is 1. The average Bonchev–Trinajstić information content (AvgIpc) is 1.68. The second-order valence-electron chi connectivity index (χ2n) is 0.723. The summed E-state index contributed by atoms with van der Waals surface area (Å²) >= 11 is 3.31. The van der Waals surface area contributed by atoms with Gasteiger partial charge in [0, 0.05) is 0 Å². The van der Waals surface area contributed by atoms with Crippen LogP contribution in [0.2, 0.25) is 0 Å². The Morgan fingerprint density at radius 3 is 2.71 bits per heavy atom. The van der Waals surface area contributed by atoms with Crippen LogP contribution in [0.25, 0.3) is 0 Å². The van der Waals surface area contributed by atoms with Gasteiger partial charge in [-0.25, -0.2) is 4.79 Å². The molecule has 42 valence electrons. The molecule has 2 N–H and O–H groups in total. The van der Waals surface area contributed by atoms with E-state index in [-0.39, 0.29) is 0 Å². The van der Waals surface area contributed by atoms with E-state index >= 15 is 0 Å². The highest BCUT2D eigenvalue weighted by atomic mass is 32.1. The summed E-state index contributed by atoms with van der Waals surface area (Å²) in [6, 6.07) is 0. The third-order valence-electron chi connectivity index (χ3n) is 0.289. The lowest BCUT2D eigenvalue weighted by Crippen LogP contribution is -2.13. The van der Waals surface area contributed by atoms with Gasteiger partial charge in [-0.3, -0.25) is 0 Å². The third-order valence-corrected chi connectivity index (χ3v) is 0.380. The molecular weight excluding hydrogens is 118 g/mol. The minimum absolute atomic E-state index is 0.631. The number of hydrogen-bond acceptors (Lipinski definition) is 5. The van der Waals surface area contributed by atoms with Gasteiger partial charge in [-0.05, 0) is 0 Å². The Labute approximate surface area is 46.0 Å². The number of carbonyl (C=O) groups excluding carboxylic acids is 1. The van der Waals surface area contributed by atoms with E-state index in [1.807, 2.05) is 0 Å². The van der Waals surface area contributed by atoms with E-state index < -0.39 is 12.6 Å². The van der Waals surface area contributed by atoms with Crippen molar-refractivity contribution in [3.8, 4) is 0 Å². The summed E-state index contributed by atoms with van der Waals surface area (Å²) in [5, 5.41) is 7.92. The number of aliphatic hydroxyl groups excluding tert-OH is 1. The van der Waals surface area contributed by atoms with E-state index in [1.54, 1.807) is 4.89 Å². The maximum absolute atomic E-state index is 9.83. The van der Waals surface area contributed by atoms with Crippen molar-refractivity contribution >= 4 is 18.8 Å².